The molecule has 2 atom stereocenters. The summed E-state index contributed by atoms with van der Waals surface area (Å²) < 4.78 is 0. The van der Waals surface area contributed by atoms with Gasteiger partial charge in [-0.25, -0.2) is 0 Å². The van der Waals surface area contributed by atoms with Crippen molar-refractivity contribution in [3.8, 4) is 0 Å². The SMILES string of the molecule is CC1CNCCC1CN1CC(C)(C)C1. The molecular formula is C12H24N2. The molecule has 82 valence electrons. The molecule has 0 amide bonds. The lowest BCUT2D eigenvalue weighted by Gasteiger charge is -2.48. The Kier molecular flexibility index (Phi) is 2.85. The van der Waals surface area contributed by atoms with Crippen LogP contribution in [0.3, 0.4) is 0 Å². The number of nitrogens with zero attached hydrogens (tertiary/aromatic N) is 1. The number of hydrogen-bond donors (Lipinski definition) is 1. The van der Waals surface area contributed by atoms with Crippen LogP contribution in [0, 0.1) is 17.3 Å². The van der Waals surface area contributed by atoms with Gasteiger partial charge in [-0.2, -0.15) is 0 Å². The Balaban J connectivity index is 1.75. The Morgan fingerprint density at radius 2 is 2.07 bits per heavy atom. The van der Waals surface area contributed by atoms with Gasteiger partial charge in [0.05, 0.1) is 0 Å². The molecule has 0 saturated carbocycles. The topological polar surface area (TPSA) is 15.3 Å². The highest BCUT2D eigenvalue weighted by atomic mass is 15.2. The van der Waals surface area contributed by atoms with Crippen molar-refractivity contribution in [1.82, 2.24) is 10.2 Å². The van der Waals surface area contributed by atoms with Crippen LogP contribution < -0.4 is 5.32 Å². The quantitative estimate of drug-likeness (QED) is 0.721. The molecule has 2 unspecified atom stereocenters. The molecule has 2 aliphatic heterocycles. The van der Waals surface area contributed by atoms with E-state index >= 15 is 0 Å². The third-order valence-corrected chi connectivity index (χ3v) is 3.76. The third kappa shape index (κ3) is 2.29. The molecule has 0 aliphatic carbocycles. The van der Waals surface area contributed by atoms with Crippen molar-refractivity contribution in [2.24, 2.45) is 17.3 Å². The third-order valence-electron chi connectivity index (χ3n) is 3.76. The molecule has 0 bridgehead atoms. The van der Waals surface area contributed by atoms with Crippen LogP contribution in [0.4, 0.5) is 0 Å². The van der Waals surface area contributed by atoms with Gasteiger partial charge in [-0.05, 0) is 36.8 Å². The van der Waals surface area contributed by atoms with Crippen molar-refractivity contribution >= 4 is 0 Å². The van der Waals surface area contributed by atoms with Crippen LogP contribution in [-0.2, 0) is 0 Å². The largest absolute Gasteiger partial charge is 0.316 e. The first-order valence-electron chi connectivity index (χ1n) is 6.00. The zero-order valence-electron chi connectivity index (χ0n) is 9.84. The second-order valence-electron chi connectivity index (χ2n) is 6.06. The summed E-state index contributed by atoms with van der Waals surface area (Å²) in [5.41, 5.74) is 0.593. The van der Waals surface area contributed by atoms with Gasteiger partial charge in [-0.1, -0.05) is 20.8 Å². The zero-order valence-corrected chi connectivity index (χ0v) is 9.84. The van der Waals surface area contributed by atoms with Gasteiger partial charge in [-0.3, -0.25) is 0 Å². The number of piperidine rings is 1. The molecule has 2 fully saturated rings. The lowest BCUT2D eigenvalue weighted by atomic mass is 9.81. The Hall–Kier alpha value is -0.0800. The van der Waals surface area contributed by atoms with E-state index in [4.69, 9.17) is 0 Å². The fourth-order valence-electron chi connectivity index (χ4n) is 2.96. The monoisotopic (exact) mass is 196 g/mol. The van der Waals surface area contributed by atoms with Gasteiger partial charge >= 0.3 is 0 Å². The van der Waals surface area contributed by atoms with Crippen LogP contribution in [0.2, 0.25) is 0 Å². The number of hydrogen-bond acceptors (Lipinski definition) is 2. The van der Waals surface area contributed by atoms with Crippen molar-refractivity contribution in [3.05, 3.63) is 0 Å². The maximum absolute atomic E-state index is 3.47. The van der Waals surface area contributed by atoms with Gasteiger partial charge < -0.3 is 10.2 Å². The highest BCUT2D eigenvalue weighted by Gasteiger charge is 2.36. The fourth-order valence-corrected chi connectivity index (χ4v) is 2.96. The Morgan fingerprint density at radius 3 is 2.64 bits per heavy atom. The van der Waals surface area contributed by atoms with E-state index in [-0.39, 0.29) is 0 Å². The standard InChI is InChI=1S/C12H24N2/c1-10-6-13-5-4-11(10)7-14-8-12(2,3)9-14/h10-11,13H,4-9H2,1-3H3. The van der Waals surface area contributed by atoms with E-state index in [1.54, 1.807) is 0 Å². The van der Waals surface area contributed by atoms with Crippen molar-refractivity contribution in [2.75, 3.05) is 32.7 Å². The summed E-state index contributed by atoms with van der Waals surface area (Å²) in [5.74, 6) is 1.81. The molecule has 2 rings (SSSR count). The van der Waals surface area contributed by atoms with Crippen molar-refractivity contribution in [2.45, 2.75) is 27.2 Å². The summed E-state index contributed by atoms with van der Waals surface area (Å²) >= 11 is 0. The molecule has 1 N–H and O–H groups in total. The van der Waals surface area contributed by atoms with Crippen molar-refractivity contribution < 1.29 is 0 Å². The van der Waals surface area contributed by atoms with Crippen LogP contribution in [-0.4, -0.2) is 37.6 Å². The van der Waals surface area contributed by atoms with Gasteiger partial charge in [0, 0.05) is 19.6 Å². The maximum Gasteiger partial charge on any atom is 0.00453 e. The number of likely N-dealkylation sites (tertiary alicyclic amines) is 1. The number of rotatable bonds is 2. The van der Waals surface area contributed by atoms with Crippen LogP contribution in [0.5, 0.6) is 0 Å². The van der Waals surface area contributed by atoms with Crippen LogP contribution in [0.1, 0.15) is 27.2 Å². The summed E-state index contributed by atoms with van der Waals surface area (Å²) in [6, 6.07) is 0. The second-order valence-corrected chi connectivity index (χ2v) is 6.06. The molecule has 0 aromatic carbocycles. The van der Waals surface area contributed by atoms with E-state index in [1.807, 2.05) is 0 Å². The average Bonchev–Trinajstić information content (AvgIpc) is 2.05. The van der Waals surface area contributed by atoms with E-state index in [1.165, 1.54) is 39.1 Å². The van der Waals surface area contributed by atoms with E-state index < -0.39 is 0 Å². The van der Waals surface area contributed by atoms with Crippen LogP contribution in [0.25, 0.3) is 0 Å². The van der Waals surface area contributed by atoms with Gasteiger partial charge in [0.2, 0.25) is 0 Å². The molecule has 0 aromatic rings. The minimum atomic E-state index is 0.593. The predicted octanol–water partition coefficient (Wildman–Crippen LogP) is 1.57. The Morgan fingerprint density at radius 1 is 1.36 bits per heavy atom. The molecule has 2 heterocycles. The molecule has 0 aromatic heterocycles. The van der Waals surface area contributed by atoms with E-state index in [2.05, 4.69) is 31.0 Å². The molecular weight excluding hydrogens is 172 g/mol. The Labute approximate surface area is 88.1 Å². The maximum atomic E-state index is 3.47. The van der Waals surface area contributed by atoms with Crippen molar-refractivity contribution in [3.63, 3.8) is 0 Å². The molecule has 2 heteroatoms. The summed E-state index contributed by atoms with van der Waals surface area (Å²) in [5, 5.41) is 3.47. The predicted molar refractivity (Wildman–Crippen MR) is 60.4 cm³/mol. The summed E-state index contributed by atoms with van der Waals surface area (Å²) in [6.45, 7) is 13.5. The first kappa shape index (κ1) is 10.4. The molecule has 2 nitrogen and oxygen atoms in total. The first-order chi connectivity index (χ1) is 6.57. The highest BCUT2D eigenvalue weighted by molar-refractivity contribution is 4.90. The molecule has 14 heavy (non-hydrogen) atoms. The number of nitrogens with one attached hydrogen (secondary N) is 1. The lowest BCUT2D eigenvalue weighted by molar-refractivity contribution is 0.00721. The first-order valence-corrected chi connectivity index (χ1v) is 6.00. The second kappa shape index (κ2) is 3.82. The van der Waals surface area contributed by atoms with E-state index in [0.29, 0.717) is 5.41 Å². The molecule has 0 spiro atoms. The molecule has 2 saturated heterocycles. The molecule has 0 radical (unpaired) electrons. The zero-order chi connectivity index (χ0) is 10.2. The highest BCUT2D eigenvalue weighted by Crippen LogP contribution is 2.31. The normalized spacial score (nSPS) is 37.9. The van der Waals surface area contributed by atoms with Crippen molar-refractivity contribution in [1.29, 1.82) is 0 Å². The van der Waals surface area contributed by atoms with Crippen LogP contribution >= 0.6 is 0 Å². The average molecular weight is 196 g/mol. The summed E-state index contributed by atoms with van der Waals surface area (Å²) in [7, 11) is 0. The van der Waals surface area contributed by atoms with E-state index in [9.17, 15) is 0 Å². The Bertz CT molecular complexity index is 192. The fraction of sp³-hybridized carbons (Fsp3) is 1.00. The smallest absolute Gasteiger partial charge is 0.00453 e. The van der Waals surface area contributed by atoms with Gasteiger partial charge in [0.25, 0.3) is 0 Å². The van der Waals surface area contributed by atoms with Gasteiger partial charge in [0.15, 0.2) is 0 Å². The van der Waals surface area contributed by atoms with Gasteiger partial charge in [0.1, 0.15) is 0 Å². The summed E-state index contributed by atoms with van der Waals surface area (Å²) in [6.07, 6.45) is 1.37. The minimum Gasteiger partial charge on any atom is -0.316 e. The van der Waals surface area contributed by atoms with Crippen LogP contribution in [0.15, 0.2) is 0 Å². The minimum absolute atomic E-state index is 0.593. The lowest BCUT2D eigenvalue weighted by Crippen LogP contribution is -2.55. The van der Waals surface area contributed by atoms with E-state index in [0.717, 1.165) is 11.8 Å². The molecule has 2 aliphatic rings. The summed E-state index contributed by atoms with van der Waals surface area (Å²) in [4.78, 5) is 2.63. The van der Waals surface area contributed by atoms with Gasteiger partial charge in [-0.15, -0.1) is 0 Å².